The molecule has 0 spiro atoms. The van der Waals surface area contributed by atoms with Crippen LogP contribution in [0.1, 0.15) is 5.56 Å². The molecule has 0 N–H and O–H groups in total. The Bertz CT molecular complexity index is 1370. The van der Waals surface area contributed by atoms with Crippen LogP contribution in [-0.2, 0) is 6.18 Å². The maximum Gasteiger partial charge on any atom is 0.416 e. The van der Waals surface area contributed by atoms with Crippen molar-refractivity contribution in [1.29, 1.82) is 0 Å². The van der Waals surface area contributed by atoms with Crippen LogP contribution in [-0.4, -0.2) is 4.98 Å². The number of nitrogens with zero attached hydrogens (tertiary/aromatic N) is 1. The van der Waals surface area contributed by atoms with Crippen LogP contribution in [0, 0.1) is 0 Å². The predicted molar refractivity (Wildman–Crippen MR) is 131 cm³/mol. The lowest BCUT2D eigenvalue weighted by Gasteiger charge is -2.09. The molecule has 4 heteroatoms. The largest absolute Gasteiger partial charge is 0.416 e. The van der Waals surface area contributed by atoms with E-state index in [2.05, 4.69) is 53.5 Å². The summed E-state index contributed by atoms with van der Waals surface area (Å²) in [5.41, 5.74) is 7.39. The van der Waals surface area contributed by atoms with Gasteiger partial charge in [0, 0.05) is 11.8 Å². The molecule has 0 radical (unpaired) electrons. The second-order valence-electron chi connectivity index (χ2n) is 8.02. The molecule has 1 heterocycles. The lowest BCUT2D eigenvalue weighted by Crippen LogP contribution is -2.03. The van der Waals surface area contributed by atoms with Crippen molar-refractivity contribution in [3.05, 3.63) is 127 Å². The molecule has 0 atom stereocenters. The van der Waals surface area contributed by atoms with E-state index < -0.39 is 11.7 Å². The summed E-state index contributed by atoms with van der Waals surface area (Å²) in [6, 6.07) is 35.6. The van der Waals surface area contributed by atoms with Crippen LogP contribution < -0.4 is 0 Å². The molecule has 4 aromatic carbocycles. The highest BCUT2D eigenvalue weighted by Crippen LogP contribution is 2.32. The Morgan fingerprint density at radius 3 is 1.09 bits per heavy atom. The molecule has 0 aliphatic carbocycles. The van der Waals surface area contributed by atoms with E-state index in [1.165, 1.54) is 12.1 Å². The van der Waals surface area contributed by atoms with Crippen molar-refractivity contribution in [2.24, 2.45) is 0 Å². The predicted octanol–water partition coefficient (Wildman–Crippen LogP) is 8.77. The Morgan fingerprint density at radius 1 is 0.412 bits per heavy atom. The number of pyridine rings is 1. The minimum atomic E-state index is -4.32. The van der Waals surface area contributed by atoms with Crippen LogP contribution in [0.4, 0.5) is 13.2 Å². The Labute approximate surface area is 196 Å². The topological polar surface area (TPSA) is 12.9 Å². The highest BCUT2D eigenvalue weighted by molar-refractivity contribution is 5.74. The third-order valence-electron chi connectivity index (χ3n) is 5.83. The van der Waals surface area contributed by atoms with E-state index in [1.54, 1.807) is 6.20 Å². The van der Waals surface area contributed by atoms with Crippen molar-refractivity contribution in [3.8, 4) is 44.6 Å². The van der Waals surface area contributed by atoms with E-state index in [-0.39, 0.29) is 0 Å². The molecule has 34 heavy (non-hydrogen) atoms. The van der Waals surface area contributed by atoms with Gasteiger partial charge < -0.3 is 0 Å². The van der Waals surface area contributed by atoms with Crippen LogP contribution in [0.3, 0.4) is 0 Å². The first kappa shape index (κ1) is 21.7. The van der Waals surface area contributed by atoms with Crippen molar-refractivity contribution < 1.29 is 13.2 Å². The summed E-state index contributed by atoms with van der Waals surface area (Å²) in [4.78, 5) is 4.39. The van der Waals surface area contributed by atoms with Gasteiger partial charge in [0.1, 0.15) is 0 Å². The van der Waals surface area contributed by atoms with E-state index in [0.29, 0.717) is 0 Å². The molecule has 0 aliphatic heterocycles. The first-order valence-electron chi connectivity index (χ1n) is 10.9. The van der Waals surface area contributed by atoms with Crippen molar-refractivity contribution in [3.63, 3.8) is 0 Å². The number of hydrogen-bond acceptors (Lipinski definition) is 1. The van der Waals surface area contributed by atoms with Gasteiger partial charge in [-0.15, -0.1) is 0 Å². The molecular formula is C30H20F3N. The van der Waals surface area contributed by atoms with Crippen LogP contribution >= 0.6 is 0 Å². The van der Waals surface area contributed by atoms with Gasteiger partial charge in [-0.2, -0.15) is 13.2 Å². The van der Waals surface area contributed by atoms with Gasteiger partial charge >= 0.3 is 6.18 Å². The van der Waals surface area contributed by atoms with Crippen LogP contribution in [0.2, 0.25) is 0 Å². The van der Waals surface area contributed by atoms with E-state index in [4.69, 9.17) is 0 Å². The van der Waals surface area contributed by atoms with Gasteiger partial charge in [0.15, 0.2) is 0 Å². The lowest BCUT2D eigenvalue weighted by atomic mass is 9.97. The van der Waals surface area contributed by atoms with Crippen molar-refractivity contribution in [2.45, 2.75) is 6.18 Å². The Hall–Kier alpha value is -4.18. The van der Waals surface area contributed by atoms with E-state index >= 15 is 0 Å². The normalized spacial score (nSPS) is 11.4. The van der Waals surface area contributed by atoms with Gasteiger partial charge in [-0.1, -0.05) is 91.0 Å². The molecule has 5 rings (SSSR count). The molecule has 0 aliphatic rings. The highest BCUT2D eigenvalue weighted by atomic mass is 19.4. The third kappa shape index (κ3) is 4.62. The number of hydrogen-bond donors (Lipinski definition) is 0. The fourth-order valence-corrected chi connectivity index (χ4v) is 3.93. The summed E-state index contributed by atoms with van der Waals surface area (Å²) in [7, 11) is 0. The smallest absolute Gasteiger partial charge is 0.256 e. The zero-order valence-corrected chi connectivity index (χ0v) is 18.1. The lowest BCUT2D eigenvalue weighted by molar-refractivity contribution is -0.137. The summed E-state index contributed by atoms with van der Waals surface area (Å²) in [5, 5.41) is 0. The summed E-state index contributed by atoms with van der Waals surface area (Å²) < 4.78 is 38.4. The molecule has 5 aromatic rings. The number of alkyl halides is 3. The molecule has 0 saturated carbocycles. The minimum absolute atomic E-state index is 0.640. The van der Waals surface area contributed by atoms with Crippen molar-refractivity contribution in [1.82, 2.24) is 4.98 Å². The van der Waals surface area contributed by atoms with E-state index in [0.717, 1.165) is 56.8 Å². The zero-order valence-electron chi connectivity index (χ0n) is 18.1. The molecular weight excluding hydrogens is 431 g/mol. The standard InChI is InChI=1S/C30H20F3N/c31-30(32,33)28-18-16-26(17-19-28)24-10-8-22(9-11-24)21-4-6-23(7-5-21)25-12-14-27(15-13-25)29-3-1-2-20-34-29/h1-20H. The fraction of sp³-hybridized carbons (Fsp3) is 0.0333. The van der Waals surface area contributed by atoms with Crippen molar-refractivity contribution >= 4 is 0 Å². The number of rotatable bonds is 4. The molecule has 0 unspecified atom stereocenters. The number of benzene rings is 4. The summed E-state index contributed by atoms with van der Waals surface area (Å²) in [5.74, 6) is 0. The Balaban J connectivity index is 1.32. The van der Waals surface area contributed by atoms with Gasteiger partial charge in [0.05, 0.1) is 11.3 Å². The summed E-state index contributed by atoms with van der Waals surface area (Å²) in [6.45, 7) is 0. The average Bonchev–Trinajstić information content (AvgIpc) is 2.89. The molecule has 1 aromatic heterocycles. The average molecular weight is 451 g/mol. The van der Waals surface area contributed by atoms with Crippen LogP contribution in [0.15, 0.2) is 121 Å². The van der Waals surface area contributed by atoms with Crippen LogP contribution in [0.25, 0.3) is 44.6 Å². The first-order valence-corrected chi connectivity index (χ1v) is 10.9. The molecule has 166 valence electrons. The van der Waals surface area contributed by atoms with E-state index in [9.17, 15) is 13.2 Å². The number of aromatic nitrogens is 1. The highest BCUT2D eigenvalue weighted by Gasteiger charge is 2.29. The summed E-state index contributed by atoms with van der Waals surface area (Å²) >= 11 is 0. The minimum Gasteiger partial charge on any atom is -0.256 e. The SMILES string of the molecule is FC(F)(F)c1ccc(-c2ccc(-c3ccc(-c4ccc(-c5ccccn5)cc4)cc3)cc2)cc1. The monoisotopic (exact) mass is 451 g/mol. The van der Waals surface area contributed by atoms with Gasteiger partial charge in [0.2, 0.25) is 0 Å². The second kappa shape index (κ2) is 8.99. The van der Waals surface area contributed by atoms with Crippen molar-refractivity contribution in [2.75, 3.05) is 0 Å². The number of halogens is 3. The second-order valence-corrected chi connectivity index (χ2v) is 8.02. The van der Waals surface area contributed by atoms with Gasteiger partial charge in [0.25, 0.3) is 0 Å². The Kier molecular flexibility index (Phi) is 5.72. The first-order chi connectivity index (χ1) is 16.5. The molecule has 1 nitrogen and oxygen atoms in total. The third-order valence-corrected chi connectivity index (χ3v) is 5.83. The fourth-order valence-electron chi connectivity index (χ4n) is 3.93. The summed E-state index contributed by atoms with van der Waals surface area (Å²) in [6.07, 6.45) is -2.53. The maximum atomic E-state index is 12.8. The molecule has 0 amide bonds. The quantitative estimate of drug-likeness (QED) is 0.266. The van der Waals surface area contributed by atoms with Gasteiger partial charge in [-0.25, -0.2) is 0 Å². The zero-order chi connectivity index (χ0) is 23.5. The maximum absolute atomic E-state index is 12.8. The molecule has 0 fully saturated rings. The Morgan fingerprint density at radius 2 is 0.765 bits per heavy atom. The molecule has 0 bridgehead atoms. The molecule has 0 saturated heterocycles. The van der Waals surface area contributed by atoms with Crippen LogP contribution in [0.5, 0.6) is 0 Å². The van der Waals surface area contributed by atoms with E-state index in [1.807, 2.05) is 42.5 Å². The van der Waals surface area contributed by atoms with Gasteiger partial charge in [-0.05, 0) is 57.6 Å². The van der Waals surface area contributed by atoms with Gasteiger partial charge in [-0.3, -0.25) is 4.98 Å².